The van der Waals surface area contributed by atoms with Crippen LogP contribution in [-0.4, -0.2) is 117 Å². The highest BCUT2D eigenvalue weighted by Gasteiger charge is 2.47. The summed E-state index contributed by atoms with van der Waals surface area (Å²) in [5.74, 6) is -1.37. The van der Waals surface area contributed by atoms with Crippen molar-refractivity contribution in [3.05, 3.63) is 12.7 Å². The summed E-state index contributed by atoms with van der Waals surface area (Å²) in [5.41, 5.74) is 6.13. The van der Waals surface area contributed by atoms with Gasteiger partial charge < -0.3 is 55.1 Å². The van der Waals surface area contributed by atoms with Gasteiger partial charge in [0.2, 0.25) is 0 Å². The van der Waals surface area contributed by atoms with E-state index in [9.17, 15) is 44.4 Å². The van der Waals surface area contributed by atoms with E-state index in [2.05, 4.69) is 19.5 Å². The van der Waals surface area contributed by atoms with Gasteiger partial charge in [-0.1, -0.05) is 0 Å². The fourth-order valence-corrected chi connectivity index (χ4v) is 6.97. The molecule has 0 aliphatic carbocycles. The van der Waals surface area contributed by atoms with E-state index in [1.54, 1.807) is 0 Å². The molecule has 2 aliphatic rings. The minimum absolute atomic E-state index is 0.0698. The van der Waals surface area contributed by atoms with Crippen molar-refractivity contribution in [2.45, 2.75) is 49.1 Å². The van der Waals surface area contributed by atoms with Gasteiger partial charge in [-0.2, -0.15) is 0 Å². The Balaban J connectivity index is 1.37. The molecule has 0 bridgehead atoms. The zero-order chi connectivity index (χ0) is 26.4. The molecule has 6 unspecified atom stereocenters. The Labute approximate surface area is 201 Å². The van der Waals surface area contributed by atoms with Gasteiger partial charge in [-0.3, -0.25) is 18.2 Å². The number of aliphatic hydroxyl groups is 5. The third-order valence-corrected chi connectivity index (χ3v) is 9.47. The molecular weight excluding hydrogens is 532 g/mol. The Kier molecular flexibility index (Phi) is 7.81. The highest BCUT2D eigenvalue weighted by molar-refractivity contribution is 7.70. The van der Waals surface area contributed by atoms with Gasteiger partial charge >= 0.3 is 15.2 Å². The average molecular weight is 557 g/mol. The normalized spacial score (nSPS) is 36.5. The Hall–Kier alpha value is -1.63. The molecule has 4 rings (SSSR count). The van der Waals surface area contributed by atoms with Gasteiger partial charge in [0.15, 0.2) is 29.9 Å². The van der Waals surface area contributed by atoms with Crippen LogP contribution in [0.5, 0.6) is 0 Å². The maximum absolute atomic E-state index is 12.4. The van der Waals surface area contributed by atoms with Crippen molar-refractivity contribution >= 4 is 32.2 Å². The number of hydrogen-bond acceptors (Lipinski definition) is 15. The summed E-state index contributed by atoms with van der Waals surface area (Å²) in [5, 5.41) is 49.6. The summed E-state index contributed by atoms with van der Waals surface area (Å²) in [4.78, 5) is 31.9. The molecule has 2 fully saturated rings. The molecule has 0 spiro atoms. The lowest BCUT2D eigenvalue weighted by Crippen LogP contribution is -2.53. The van der Waals surface area contributed by atoms with Crippen molar-refractivity contribution < 1.29 is 63.0 Å². The predicted molar refractivity (Wildman–Crippen MR) is 115 cm³/mol. The predicted octanol–water partition coefficient (Wildman–Crippen LogP) is -3.17. The number of nitrogen functional groups attached to an aromatic ring is 1. The first-order valence-corrected chi connectivity index (χ1v) is 13.9. The molecule has 9 N–H and O–H groups in total. The van der Waals surface area contributed by atoms with Crippen molar-refractivity contribution in [3.63, 3.8) is 0 Å². The molecule has 18 nitrogen and oxygen atoms in total. The molecule has 2 saturated heterocycles. The van der Waals surface area contributed by atoms with Crippen LogP contribution in [0.4, 0.5) is 5.82 Å². The van der Waals surface area contributed by atoms with E-state index in [4.69, 9.17) is 19.7 Å². The van der Waals surface area contributed by atoms with Gasteiger partial charge in [0.05, 0.1) is 19.5 Å². The second-order valence-corrected chi connectivity index (χ2v) is 12.3. The van der Waals surface area contributed by atoms with Gasteiger partial charge in [0.1, 0.15) is 48.5 Å². The van der Waals surface area contributed by atoms with Crippen LogP contribution in [0.25, 0.3) is 11.2 Å². The van der Waals surface area contributed by atoms with Crippen molar-refractivity contribution in [2.75, 3.05) is 24.9 Å². The standard InChI is InChI=1S/C16H25N5O13P2/c17-13-8-14(19-3-18-13)21(4-20-8)15-11(25)10(24)7(33-15)2-32-35(27,28)5-36(29,30)34-16-12(26)9(23)6(22)1-31-16/h3-4,6-7,9-12,15-16,22-26H,1-2,5H2,(H,27,28)(H,29,30)(H2,17,18,19)/t6?,7-,9?,10-,11-,12?,15-,16?/m1/s1. The summed E-state index contributed by atoms with van der Waals surface area (Å²) < 4.78 is 45.9. The third-order valence-electron chi connectivity index (χ3n) is 5.52. The number of nitrogens with two attached hydrogens (primary N) is 1. The van der Waals surface area contributed by atoms with Gasteiger partial charge in [0, 0.05) is 0 Å². The van der Waals surface area contributed by atoms with Gasteiger partial charge in [-0.25, -0.2) is 15.0 Å². The SMILES string of the molecule is Nc1ncnc2c1ncn2[C@@H]1O[C@H](COP(=O)(O)CP(=O)(O)OC2OCC(O)C(O)C2O)[C@@H](O)[C@H]1O. The lowest BCUT2D eigenvalue weighted by Gasteiger charge is -2.35. The number of hydrogen-bond donors (Lipinski definition) is 8. The van der Waals surface area contributed by atoms with Gasteiger partial charge in [0.25, 0.3) is 0 Å². The van der Waals surface area contributed by atoms with Crippen LogP contribution >= 0.6 is 15.2 Å². The smallest absolute Gasteiger partial charge is 0.342 e. The Morgan fingerprint density at radius 3 is 2.47 bits per heavy atom. The molecule has 2 aromatic heterocycles. The van der Waals surface area contributed by atoms with E-state index in [0.717, 1.165) is 6.33 Å². The highest BCUT2D eigenvalue weighted by Crippen LogP contribution is 2.59. The van der Waals surface area contributed by atoms with Gasteiger partial charge in [-0.05, 0) is 0 Å². The quantitative estimate of drug-likeness (QED) is 0.149. The number of anilines is 1. The summed E-state index contributed by atoms with van der Waals surface area (Å²) in [7, 11) is -9.81. The molecule has 202 valence electrons. The molecule has 0 radical (unpaired) electrons. The fourth-order valence-electron chi connectivity index (χ4n) is 3.68. The largest absolute Gasteiger partial charge is 0.388 e. The van der Waals surface area contributed by atoms with Gasteiger partial charge in [-0.15, -0.1) is 0 Å². The second-order valence-electron chi connectivity index (χ2n) is 8.20. The first-order chi connectivity index (χ1) is 16.8. The monoisotopic (exact) mass is 557 g/mol. The van der Waals surface area contributed by atoms with Crippen LogP contribution in [0.1, 0.15) is 6.23 Å². The lowest BCUT2D eigenvalue weighted by molar-refractivity contribution is -0.243. The molecule has 10 atom stereocenters. The second kappa shape index (κ2) is 10.3. The van der Waals surface area contributed by atoms with Crippen LogP contribution in [0.3, 0.4) is 0 Å². The molecule has 20 heteroatoms. The van der Waals surface area contributed by atoms with Crippen molar-refractivity contribution in [3.8, 4) is 0 Å². The molecule has 0 saturated carbocycles. The van der Waals surface area contributed by atoms with E-state index < -0.39 is 83.5 Å². The average Bonchev–Trinajstić information content (AvgIpc) is 3.34. The molecule has 0 aromatic carbocycles. The Morgan fingerprint density at radius 2 is 1.75 bits per heavy atom. The topological polar surface area (TPSA) is 282 Å². The fraction of sp³-hybridized carbons (Fsp3) is 0.688. The number of imidazole rings is 1. The number of nitrogens with zero attached hydrogens (tertiary/aromatic N) is 4. The summed E-state index contributed by atoms with van der Waals surface area (Å²) >= 11 is 0. The van der Waals surface area contributed by atoms with Crippen LogP contribution in [-0.2, 0) is 27.7 Å². The third kappa shape index (κ3) is 5.61. The maximum atomic E-state index is 12.4. The zero-order valence-corrected chi connectivity index (χ0v) is 20.0. The number of aliphatic hydroxyl groups excluding tert-OH is 5. The number of rotatable bonds is 8. The van der Waals surface area contributed by atoms with E-state index in [-0.39, 0.29) is 17.0 Å². The van der Waals surface area contributed by atoms with Crippen LogP contribution in [0, 0.1) is 0 Å². The van der Waals surface area contributed by atoms with Crippen LogP contribution in [0.15, 0.2) is 12.7 Å². The van der Waals surface area contributed by atoms with Crippen molar-refractivity contribution in [2.24, 2.45) is 0 Å². The Bertz CT molecular complexity index is 1180. The summed E-state index contributed by atoms with van der Waals surface area (Å²) in [6, 6.07) is 0. The number of fused-ring (bicyclic) bond motifs is 1. The first-order valence-electron chi connectivity index (χ1n) is 10.4. The minimum Gasteiger partial charge on any atom is -0.388 e. The minimum atomic E-state index is -4.95. The van der Waals surface area contributed by atoms with E-state index in [0.29, 0.717) is 0 Å². The zero-order valence-electron chi connectivity index (χ0n) is 18.2. The first kappa shape index (κ1) is 27.4. The molecule has 2 aromatic rings. The van der Waals surface area contributed by atoms with Crippen molar-refractivity contribution in [1.82, 2.24) is 19.5 Å². The van der Waals surface area contributed by atoms with E-state index in [1.165, 1.54) is 10.9 Å². The molecule has 4 heterocycles. The maximum Gasteiger partial charge on any atom is 0.342 e. The van der Waals surface area contributed by atoms with E-state index in [1.807, 2.05) is 0 Å². The Morgan fingerprint density at radius 1 is 1.03 bits per heavy atom. The highest BCUT2D eigenvalue weighted by atomic mass is 31.2. The van der Waals surface area contributed by atoms with Crippen LogP contribution in [0.2, 0.25) is 0 Å². The van der Waals surface area contributed by atoms with Crippen LogP contribution < -0.4 is 5.73 Å². The molecule has 0 amide bonds. The lowest BCUT2D eigenvalue weighted by atomic mass is 10.1. The summed E-state index contributed by atoms with van der Waals surface area (Å²) in [6.45, 7) is -1.30. The molecule has 2 aliphatic heterocycles. The number of aromatic nitrogens is 4. The molecular formula is C16H25N5O13P2. The number of ether oxygens (including phenoxy) is 2. The molecule has 36 heavy (non-hydrogen) atoms. The van der Waals surface area contributed by atoms with Crippen molar-refractivity contribution in [1.29, 1.82) is 0 Å². The van der Waals surface area contributed by atoms with E-state index >= 15 is 0 Å². The summed E-state index contributed by atoms with van der Waals surface area (Å²) in [6.07, 6.45) is -10.3.